The summed E-state index contributed by atoms with van der Waals surface area (Å²) in [7, 11) is 0. The molecule has 0 radical (unpaired) electrons. The molecule has 272 valence electrons. The van der Waals surface area contributed by atoms with Crippen LogP contribution in [0.2, 0.25) is 0 Å². The van der Waals surface area contributed by atoms with Crippen LogP contribution < -0.4 is 5.32 Å². The number of aliphatic hydroxyl groups excluding tert-OH is 3. The fraction of sp³-hybridized carbons (Fsp3) is 0.878. The maximum Gasteiger partial charge on any atom is 0.220 e. The van der Waals surface area contributed by atoms with E-state index in [1.807, 2.05) is 6.08 Å². The minimum absolute atomic E-state index is 0.211. The fourth-order valence-electron chi connectivity index (χ4n) is 6.15. The summed E-state index contributed by atoms with van der Waals surface area (Å²) in [5, 5.41) is 33.4. The molecule has 0 aliphatic rings. The molecule has 0 aliphatic carbocycles. The Morgan fingerprint density at radius 2 is 0.935 bits per heavy atom. The molecule has 3 unspecified atom stereocenters. The van der Waals surface area contributed by atoms with Crippen molar-refractivity contribution in [2.24, 2.45) is 0 Å². The Bertz CT molecular complexity index is 679. The van der Waals surface area contributed by atoms with Crippen molar-refractivity contribution in [1.82, 2.24) is 5.32 Å². The molecule has 0 aromatic heterocycles. The van der Waals surface area contributed by atoms with Crippen LogP contribution in [-0.4, -0.2) is 46.1 Å². The second kappa shape index (κ2) is 36.7. The van der Waals surface area contributed by atoms with E-state index in [0.717, 1.165) is 32.1 Å². The summed E-state index contributed by atoms with van der Waals surface area (Å²) >= 11 is 0. The van der Waals surface area contributed by atoms with Crippen LogP contribution in [0.25, 0.3) is 0 Å². The van der Waals surface area contributed by atoms with Crippen molar-refractivity contribution in [2.45, 2.75) is 225 Å². The third-order valence-corrected chi connectivity index (χ3v) is 9.32. The lowest BCUT2D eigenvalue weighted by Crippen LogP contribution is -2.50. The van der Waals surface area contributed by atoms with Crippen LogP contribution in [0.4, 0.5) is 0 Å². The van der Waals surface area contributed by atoms with E-state index in [1.54, 1.807) is 0 Å². The van der Waals surface area contributed by atoms with Crippen molar-refractivity contribution in [2.75, 3.05) is 6.61 Å². The first-order valence-corrected chi connectivity index (χ1v) is 20.1. The molecule has 3 atom stereocenters. The van der Waals surface area contributed by atoms with Gasteiger partial charge in [0, 0.05) is 6.42 Å². The minimum Gasteiger partial charge on any atom is -0.394 e. The van der Waals surface area contributed by atoms with E-state index >= 15 is 0 Å². The highest BCUT2D eigenvalue weighted by atomic mass is 16.3. The van der Waals surface area contributed by atoms with Gasteiger partial charge >= 0.3 is 0 Å². The predicted molar refractivity (Wildman–Crippen MR) is 199 cm³/mol. The van der Waals surface area contributed by atoms with Gasteiger partial charge < -0.3 is 20.6 Å². The normalized spacial score (nSPS) is 13.9. The third-order valence-electron chi connectivity index (χ3n) is 9.32. The number of carbonyl (C=O) groups excluding carboxylic acids is 1. The van der Waals surface area contributed by atoms with Crippen molar-refractivity contribution >= 4 is 5.91 Å². The Balaban J connectivity index is 3.69. The highest BCUT2D eigenvalue weighted by Crippen LogP contribution is 2.16. The quantitative estimate of drug-likeness (QED) is 0.0401. The van der Waals surface area contributed by atoms with E-state index in [0.29, 0.717) is 19.3 Å². The number of amides is 1. The summed E-state index contributed by atoms with van der Waals surface area (Å²) in [6, 6.07) is -0.836. The van der Waals surface area contributed by atoms with Crippen LogP contribution in [0.3, 0.4) is 0 Å². The molecule has 0 bridgehead atoms. The van der Waals surface area contributed by atoms with Crippen molar-refractivity contribution in [3.8, 4) is 0 Å². The van der Waals surface area contributed by atoms with E-state index in [1.165, 1.54) is 141 Å². The third kappa shape index (κ3) is 31.4. The van der Waals surface area contributed by atoms with Crippen LogP contribution >= 0.6 is 0 Å². The van der Waals surface area contributed by atoms with Gasteiger partial charge in [0.15, 0.2) is 0 Å². The molecule has 0 heterocycles. The first-order valence-electron chi connectivity index (χ1n) is 20.1. The van der Waals surface area contributed by atoms with E-state index in [2.05, 4.69) is 37.4 Å². The van der Waals surface area contributed by atoms with Crippen LogP contribution in [0, 0.1) is 0 Å². The van der Waals surface area contributed by atoms with Gasteiger partial charge in [0.1, 0.15) is 6.10 Å². The molecule has 0 saturated heterocycles. The smallest absolute Gasteiger partial charge is 0.220 e. The maximum atomic E-state index is 12.3. The topological polar surface area (TPSA) is 89.8 Å². The second-order valence-electron chi connectivity index (χ2n) is 13.8. The number of carbonyl (C=O) groups is 1. The Kier molecular flexibility index (Phi) is 35.7. The van der Waals surface area contributed by atoms with Crippen molar-refractivity contribution in [3.05, 3.63) is 24.3 Å². The van der Waals surface area contributed by atoms with Crippen LogP contribution in [0.5, 0.6) is 0 Å². The summed E-state index contributed by atoms with van der Waals surface area (Å²) in [6.45, 7) is 4.14. The first kappa shape index (κ1) is 44.8. The van der Waals surface area contributed by atoms with Gasteiger partial charge in [0.25, 0.3) is 0 Å². The minimum atomic E-state index is -1.16. The molecule has 4 N–H and O–H groups in total. The molecule has 0 rings (SSSR count). The summed E-state index contributed by atoms with van der Waals surface area (Å²) in [6.07, 6.45) is 42.9. The van der Waals surface area contributed by atoms with Gasteiger partial charge in [0.05, 0.1) is 18.8 Å². The molecular formula is C41H79NO4. The molecule has 5 nitrogen and oxygen atoms in total. The SMILES string of the molecule is CCCCCCCC/C=C\C/C=C\CCC(=O)NC(CO)C(O)C(O)CCCCCCCCCCCCCCCCCCCCC. The van der Waals surface area contributed by atoms with Crippen LogP contribution in [0.15, 0.2) is 24.3 Å². The summed E-state index contributed by atoms with van der Waals surface area (Å²) in [5.74, 6) is -0.211. The molecule has 0 spiro atoms. The first-order chi connectivity index (χ1) is 22.6. The van der Waals surface area contributed by atoms with Gasteiger partial charge in [-0.25, -0.2) is 0 Å². The van der Waals surface area contributed by atoms with Crippen molar-refractivity contribution in [1.29, 1.82) is 0 Å². The largest absolute Gasteiger partial charge is 0.394 e. The number of aliphatic hydroxyl groups is 3. The lowest BCUT2D eigenvalue weighted by molar-refractivity contribution is -0.124. The Labute approximate surface area is 286 Å². The molecule has 0 aromatic rings. The molecule has 46 heavy (non-hydrogen) atoms. The summed E-state index contributed by atoms with van der Waals surface area (Å²) in [5.41, 5.74) is 0. The zero-order chi connectivity index (χ0) is 33.8. The Morgan fingerprint density at radius 3 is 1.37 bits per heavy atom. The second-order valence-corrected chi connectivity index (χ2v) is 13.8. The molecular weight excluding hydrogens is 570 g/mol. The average molecular weight is 650 g/mol. The van der Waals surface area contributed by atoms with E-state index in [4.69, 9.17) is 0 Å². The number of rotatable bonds is 36. The van der Waals surface area contributed by atoms with E-state index in [-0.39, 0.29) is 12.5 Å². The predicted octanol–water partition coefficient (Wildman–Crippen LogP) is 11.0. The summed E-state index contributed by atoms with van der Waals surface area (Å²) < 4.78 is 0. The van der Waals surface area contributed by atoms with E-state index < -0.39 is 18.2 Å². The molecule has 0 aliphatic heterocycles. The van der Waals surface area contributed by atoms with Crippen LogP contribution in [-0.2, 0) is 4.79 Å². The maximum absolute atomic E-state index is 12.3. The number of allylic oxidation sites excluding steroid dienone is 4. The van der Waals surface area contributed by atoms with Crippen molar-refractivity contribution in [3.63, 3.8) is 0 Å². The number of unbranched alkanes of at least 4 members (excludes halogenated alkanes) is 24. The van der Waals surface area contributed by atoms with E-state index in [9.17, 15) is 20.1 Å². The van der Waals surface area contributed by atoms with Gasteiger partial charge in [-0.05, 0) is 32.1 Å². The molecule has 0 saturated carbocycles. The lowest BCUT2D eigenvalue weighted by atomic mass is 9.99. The van der Waals surface area contributed by atoms with Gasteiger partial charge in [-0.2, -0.15) is 0 Å². The Hall–Kier alpha value is -1.17. The Morgan fingerprint density at radius 1 is 0.543 bits per heavy atom. The lowest BCUT2D eigenvalue weighted by Gasteiger charge is -2.26. The van der Waals surface area contributed by atoms with Crippen molar-refractivity contribution < 1.29 is 20.1 Å². The number of hydrogen-bond donors (Lipinski definition) is 4. The number of nitrogens with one attached hydrogen (secondary N) is 1. The molecule has 1 amide bonds. The monoisotopic (exact) mass is 650 g/mol. The van der Waals surface area contributed by atoms with Gasteiger partial charge in [-0.3, -0.25) is 4.79 Å². The molecule has 0 aromatic carbocycles. The molecule has 5 heteroatoms. The highest BCUT2D eigenvalue weighted by Gasteiger charge is 2.26. The van der Waals surface area contributed by atoms with Gasteiger partial charge in [0.2, 0.25) is 5.91 Å². The number of hydrogen-bond acceptors (Lipinski definition) is 4. The summed E-state index contributed by atoms with van der Waals surface area (Å²) in [4.78, 5) is 12.3. The average Bonchev–Trinajstić information content (AvgIpc) is 3.06. The zero-order valence-electron chi connectivity index (χ0n) is 30.7. The highest BCUT2D eigenvalue weighted by molar-refractivity contribution is 5.76. The van der Waals surface area contributed by atoms with Crippen LogP contribution in [0.1, 0.15) is 206 Å². The zero-order valence-corrected chi connectivity index (χ0v) is 30.7. The molecule has 0 fully saturated rings. The van der Waals surface area contributed by atoms with Gasteiger partial charge in [-0.15, -0.1) is 0 Å². The van der Waals surface area contributed by atoms with Gasteiger partial charge in [-0.1, -0.05) is 192 Å². The standard InChI is InChI=1S/C41H79NO4/c1-3-5-7-9-11-13-15-17-18-19-20-21-22-24-25-27-29-31-33-35-39(44)41(46)38(37-43)42-40(45)36-34-32-30-28-26-23-16-14-12-10-8-6-4-2/h23,26,30,32,38-39,41,43-44,46H,3-22,24-25,27-29,31,33-37H2,1-2H3,(H,42,45)/b26-23-,32-30-. The fourth-order valence-corrected chi connectivity index (χ4v) is 6.15.